The van der Waals surface area contributed by atoms with Crippen molar-refractivity contribution in [2.24, 2.45) is 12.5 Å². The summed E-state index contributed by atoms with van der Waals surface area (Å²) in [6.07, 6.45) is 12.4. The molecule has 7 heteroatoms. The first-order chi connectivity index (χ1) is 16.6. The second kappa shape index (κ2) is 11.5. The molecule has 7 nitrogen and oxygen atoms in total. The molecule has 3 heterocycles. The largest absolute Gasteiger partial charge is 0.493 e. The Kier molecular flexibility index (Phi) is 8.25. The van der Waals surface area contributed by atoms with E-state index in [-0.39, 0.29) is 17.2 Å². The third-order valence-electron chi connectivity index (χ3n) is 7.38. The van der Waals surface area contributed by atoms with Crippen molar-refractivity contribution in [1.82, 2.24) is 20.0 Å². The predicted octanol–water partition coefficient (Wildman–Crippen LogP) is 3.66. The molecule has 2 amide bonds. The van der Waals surface area contributed by atoms with Gasteiger partial charge >= 0.3 is 0 Å². The number of nitrogens with one attached hydrogen (secondary N) is 1. The third-order valence-corrected chi connectivity index (χ3v) is 7.38. The zero-order valence-electron chi connectivity index (χ0n) is 20.4. The van der Waals surface area contributed by atoms with E-state index in [4.69, 9.17) is 4.74 Å². The summed E-state index contributed by atoms with van der Waals surface area (Å²) in [4.78, 5) is 28.0. The van der Waals surface area contributed by atoms with Gasteiger partial charge in [0.05, 0.1) is 18.2 Å². The van der Waals surface area contributed by atoms with Gasteiger partial charge in [0, 0.05) is 39.3 Å². The molecule has 0 bridgehead atoms. The number of likely N-dealkylation sites (tertiary alicyclic amines) is 1. The Morgan fingerprint density at radius 2 is 1.94 bits per heavy atom. The molecular weight excluding hydrogens is 428 g/mol. The Bertz CT molecular complexity index is 962. The number of piperidine rings is 1. The van der Waals surface area contributed by atoms with Crippen molar-refractivity contribution < 1.29 is 14.3 Å². The molecule has 4 rings (SSSR count). The van der Waals surface area contributed by atoms with Gasteiger partial charge in [-0.1, -0.05) is 31.0 Å². The highest BCUT2D eigenvalue weighted by atomic mass is 16.5. The minimum atomic E-state index is -0.358. The normalized spacial score (nSPS) is 19.6. The Labute approximate surface area is 202 Å². The molecule has 0 aliphatic carbocycles. The molecule has 1 saturated heterocycles. The fourth-order valence-corrected chi connectivity index (χ4v) is 5.24. The first-order valence-electron chi connectivity index (χ1n) is 12.8. The average molecular weight is 467 g/mol. The number of hydrogen-bond donors (Lipinski definition) is 1. The van der Waals surface area contributed by atoms with E-state index < -0.39 is 0 Å². The predicted molar refractivity (Wildman–Crippen MR) is 132 cm³/mol. The summed E-state index contributed by atoms with van der Waals surface area (Å²) in [6, 6.07) is 8.29. The lowest BCUT2D eigenvalue weighted by atomic mass is 9.73. The number of ether oxygens (including phenoxy) is 1. The lowest BCUT2D eigenvalue weighted by Gasteiger charge is -2.41. The zero-order chi connectivity index (χ0) is 23.8. The van der Waals surface area contributed by atoms with Crippen molar-refractivity contribution in [2.75, 3.05) is 26.2 Å². The SMILES string of the molecule is Cn1cc(CCC(=O)N2CCC3(CCCCCc4ccccc4OCCCNC3=O)CC2)cn1. The molecule has 1 N–H and O–H groups in total. The van der Waals surface area contributed by atoms with Crippen molar-refractivity contribution >= 4 is 11.8 Å². The summed E-state index contributed by atoms with van der Waals surface area (Å²) >= 11 is 0. The van der Waals surface area contributed by atoms with Crippen LogP contribution in [0.15, 0.2) is 36.7 Å². The second-order valence-corrected chi connectivity index (χ2v) is 9.81. The molecule has 0 unspecified atom stereocenters. The first-order valence-corrected chi connectivity index (χ1v) is 12.8. The van der Waals surface area contributed by atoms with Crippen LogP contribution in [-0.4, -0.2) is 52.7 Å². The smallest absolute Gasteiger partial charge is 0.226 e. The van der Waals surface area contributed by atoms with E-state index >= 15 is 0 Å². The third kappa shape index (κ3) is 6.19. The minimum Gasteiger partial charge on any atom is -0.493 e. The zero-order valence-corrected chi connectivity index (χ0v) is 20.4. The van der Waals surface area contributed by atoms with Crippen LogP contribution in [0.25, 0.3) is 0 Å². The molecule has 0 saturated carbocycles. The molecule has 2 aromatic rings. The fourth-order valence-electron chi connectivity index (χ4n) is 5.24. The number of para-hydroxylation sites is 1. The highest BCUT2D eigenvalue weighted by Gasteiger charge is 2.41. The van der Waals surface area contributed by atoms with Crippen LogP contribution in [0, 0.1) is 5.41 Å². The van der Waals surface area contributed by atoms with Crippen LogP contribution in [0.2, 0.25) is 0 Å². The second-order valence-electron chi connectivity index (χ2n) is 9.81. The summed E-state index contributed by atoms with van der Waals surface area (Å²) in [5.41, 5.74) is 2.00. The number of carbonyl (C=O) groups is 2. The van der Waals surface area contributed by atoms with Crippen LogP contribution in [0.3, 0.4) is 0 Å². The minimum absolute atomic E-state index is 0.160. The highest BCUT2D eigenvalue weighted by Crippen LogP contribution is 2.38. The van der Waals surface area contributed by atoms with Crippen molar-refractivity contribution in [1.29, 1.82) is 0 Å². The maximum absolute atomic E-state index is 13.3. The number of carbonyl (C=O) groups excluding carboxylic acids is 2. The maximum atomic E-state index is 13.3. The van der Waals surface area contributed by atoms with E-state index in [1.165, 1.54) is 5.56 Å². The molecule has 0 radical (unpaired) electrons. The van der Waals surface area contributed by atoms with Gasteiger partial charge in [-0.25, -0.2) is 0 Å². The van der Waals surface area contributed by atoms with Gasteiger partial charge < -0.3 is 15.0 Å². The van der Waals surface area contributed by atoms with Crippen molar-refractivity contribution in [3.8, 4) is 5.75 Å². The first kappa shape index (κ1) is 24.3. The maximum Gasteiger partial charge on any atom is 0.226 e. The number of nitrogens with zero attached hydrogens (tertiary/aromatic N) is 3. The number of rotatable bonds is 3. The van der Waals surface area contributed by atoms with Crippen LogP contribution in [0.1, 0.15) is 62.5 Å². The molecule has 2 aliphatic heterocycles. The van der Waals surface area contributed by atoms with Crippen LogP contribution in [0.4, 0.5) is 0 Å². The summed E-state index contributed by atoms with van der Waals surface area (Å²) in [6.45, 7) is 2.55. The molecule has 1 fully saturated rings. The Balaban J connectivity index is 1.32. The summed E-state index contributed by atoms with van der Waals surface area (Å²) in [5.74, 6) is 1.31. The van der Waals surface area contributed by atoms with Crippen LogP contribution in [0.5, 0.6) is 5.75 Å². The number of aromatic nitrogens is 2. The molecule has 1 aromatic carbocycles. The molecule has 2 aliphatic rings. The molecule has 34 heavy (non-hydrogen) atoms. The molecule has 0 atom stereocenters. The quantitative estimate of drug-likeness (QED) is 0.749. The van der Waals surface area contributed by atoms with E-state index in [1.54, 1.807) is 4.68 Å². The highest BCUT2D eigenvalue weighted by molar-refractivity contribution is 5.83. The van der Waals surface area contributed by atoms with Gasteiger partial charge in [0.1, 0.15) is 5.75 Å². The fraction of sp³-hybridized carbons (Fsp3) is 0.593. The average Bonchev–Trinajstić information content (AvgIpc) is 3.27. The molecule has 1 aromatic heterocycles. The summed E-state index contributed by atoms with van der Waals surface area (Å²) in [5, 5.41) is 7.36. The van der Waals surface area contributed by atoms with Crippen LogP contribution in [-0.2, 0) is 29.5 Å². The summed E-state index contributed by atoms with van der Waals surface area (Å²) in [7, 11) is 1.89. The number of hydrogen-bond acceptors (Lipinski definition) is 4. The Hall–Kier alpha value is -2.83. The monoisotopic (exact) mass is 466 g/mol. The van der Waals surface area contributed by atoms with Gasteiger partial charge in [0.25, 0.3) is 0 Å². The van der Waals surface area contributed by atoms with E-state index in [0.717, 1.165) is 62.7 Å². The van der Waals surface area contributed by atoms with Crippen molar-refractivity contribution in [3.05, 3.63) is 47.8 Å². The van der Waals surface area contributed by atoms with E-state index in [0.29, 0.717) is 39.1 Å². The number of amides is 2. The standard InChI is InChI=1S/C27H38N4O3/c1-30-21-22(20-29-30)11-12-25(32)31-17-14-27(15-18-31)13-6-2-3-8-23-9-4-5-10-24(23)34-19-7-16-28-26(27)33/h4-5,9-10,20-21H,2-3,6-8,11-19H2,1H3,(H,28,33). The van der Waals surface area contributed by atoms with Gasteiger partial charge in [-0.05, 0) is 62.1 Å². The van der Waals surface area contributed by atoms with Gasteiger partial charge in [0.2, 0.25) is 11.8 Å². The van der Waals surface area contributed by atoms with Crippen molar-refractivity contribution in [2.45, 2.75) is 64.2 Å². The lowest BCUT2D eigenvalue weighted by Crippen LogP contribution is -2.50. The van der Waals surface area contributed by atoms with Gasteiger partial charge in [-0.15, -0.1) is 0 Å². The number of aryl methyl sites for hydroxylation is 3. The van der Waals surface area contributed by atoms with Gasteiger partial charge in [0.15, 0.2) is 0 Å². The van der Waals surface area contributed by atoms with Crippen LogP contribution >= 0.6 is 0 Å². The number of benzene rings is 1. The molecule has 1 spiro atoms. The van der Waals surface area contributed by atoms with Gasteiger partial charge in [-0.2, -0.15) is 5.10 Å². The van der Waals surface area contributed by atoms with E-state index in [1.807, 2.05) is 36.5 Å². The van der Waals surface area contributed by atoms with E-state index in [2.05, 4.69) is 22.5 Å². The topological polar surface area (TPSA) is 76.5 Å². The van der Waals surface area contributed by atoms with E-state index in [9.17, 15) is 9.59 Å². The van der Waals surface area contributed by atoms with Crippen LogP contribution < -0.4 is 10.1 Å². The molecule has 184 valence electrons. The number of fused-ring (bicyclic) bond motifs is 1. The Morgan fingerprint density at radius 3 is 2.74 bits per heavy atom. The Morgan fingerprint density at radius 1 is 1.12 bits per heavy atom. The van der Waals surface area contributed by atoms with Gasteiger partial charge in [-0.3, -0.25) is 14.3 Å². The summed E-state index contributed by atoms with van der Waals surface area (Å²) < 4.78 is 7.77. The lowest BCUT2D eigenvalue weighted by molar-refractivity contribution is -0.141. The van der Waals surface area contributed by atoms with Crippen molar-refractivity contribution in [3.63, 3.8) is 0 Å². The molecular formula is C27H38N4O3.